The van der Waals surface area contributed by atoms with Crippen LogP contribution in [0.1, 0.15) is 78.2 Å². The highest BCUT2D eigenvalue weighted by Crippen LogP contribution is 2.66. The average molecular weight is 1150 g/mol. The minimum atomic E-state index is -2.31. The Labute approximate surface area is 462 Å². The van der Waals surface area contributed by atoms with Crippen LogP contribution < -0.4 is 21.3 Å². The third-order valence-corrected chi connectivity index (χ3v) is 16.8. The average Bonchev–Trinajstić information content (AvgIpc) is 4.19. The van der Waals surface area contributed by atoms with Crippen molar-refractivity contribution in [1.29, 1.82) is 0 Å². The summed E-state index contributed by atoms with van der Waals surface area (Å²) in [5, 5.41) is 9.53. The Balaban J connectivity index is 1.14. The lowest BCUT2D eigenvalue weighted by molar-refractivity contribution is -0.154. The Kier molecular flexibility index (Phi) is 27.1. The van der Waals surface area contributed by atoms with Crippen molar-refractivity contribution in [2.45, 2.75) is 94.4 Å². The lowest BCUT2D eigenvalue weighted by atomic mass is 9.72. The predicted molar refractivity (Wildman–Crippen MR) is 283 cm³/mol. The van der Waals surface area contributed by atoms with Crippen LogP contribution in [0.3, 0.4) is 0 Å². The first-order valence-electron chi connectivity index (χ1n) is 25.2. The molecular formula is C51H67N5O19S3. The fourth-order valence-electron chi connectivity index (χ4n) is 8.07. The molecule has 2 aliphatic heterocycles. The molecule has 0 aromatic heterocycles. The van der Waals surface area contributed by atoms with E-state index in [9.17, 15) is 67.1 Å². The molecule has 3 atom stereocenters. The van der Waals surface area contributed by atoms with E-state index in [2.05, 4.69) is 21.3 Å². The number of likely N-dealkylation sites (tertiary alicyclic amines) is 1. The van der Waals surface area contributed by atoms with Gasteiger partial charge in [-0.25, -0.2) is 0 Å². The quantitative estimate of drug-likeness (QED) is 0.0228. The monoisotopic (exact) mass is 1150 g/mol. The molecular weight excluding hydrogens is 1080 g/mol. The molecule has 0 bridgehead atoms. The topological polar surface area (TPSA) is 336 Å². The van der Waals surface area contributed by atoms with E-state index in [1.54, 1.807) is 24.3 Å². The Hall–Kier alpha value is -5.55. The molecule has 6 amide bonds. The van der Waals surface area contributed by atoms with Crippen molar-refractivity contribution in [3.05, 3.63) is 29.8 Å². The van der Waals surface area contributed by atoms with E-state index >= 15 is 0 Å². The first-order valence-corrected chi connectivity index (χ1v) is 28.4. The number of amides is 6. The molecule has 24 nitrogen and oxygen atoms in total. The van der Waals surface area contributed by atoms with Gasteiger partial charge in [0.05, 0.1) is 64.0 Å². The summed E-state index contributed by atoms with van der Waals surface area (Å²) in [4.78, 5) is 175. The Morgan fingerprint density at radius 1 is 0.705 bits per heavy atom. The summed E-state index contributed by atoms with van der Waals surface area (Å²) in [7, 11) is 2.27. The smallest absolute Gasteiger partial charge is 0.250 e. The van der Waals surface area contributed by atoms with E-state index in [1.165, 1.54) is 6.92 Å². The predicted octanol–water partition coefficient (Wildman–Crippen LogP) is 0.509. The number of imide groups is 1. The zero-order valence-electron chi connectivity index (χ0n) is 44.0. The first-order chi connectivity index (χ1) is 37.1. The minimum Gasteiger partial charge on any atom is -0.379 e. The highest BCUT2D eigenvalue weighted by Gasteiger charge is 2.57. The van der Waals surface area contributed by atoms with Crippen LogP contribution in [-0.2, 0) is 97.2 Å². The maximum atomic E-state index is 13.3. The van der Waals surface area contributed by atoms with Crippen LogP contribution >= 0.6 is 33.3 Å². The number of hydrogen-bond acceptors (Lipinski definition) is 22. The van der Waals surface area contributed by atoms with Gasteiger partial charge in [0, 0.05) is 69.6 Å². The maximum Gasteiger partial charge on any atom is 0.250 e. The zero-order chi connectivity index (χ0) is 57.4. The first kappa shape index (κ1) is 65.0. The molecule has 3 fully saturated rings. The van der Waals surface area contributed by atoms with Gasteiger partial charge >= 0.3 is 0 Å². The van der Waals surface area contributed by atoms with Crippen LogP contribution in [0, 0.1) is 11.3 Å². The highest BCUT2D eigenvalue weighted by molar-refractivity contribution is 8.94. The minimum absolute atomic E-state index is 0.000508. The number of anilines is 1. The van der Waals surface area contributed by atoms with Gasteiger partial charge in [-0.2, -0.15) is 0 Å². The lowest BCUT2D eigenvalue weighted by Crippen LogP contribution is -2.53. The second-order valence-corrected chi connectivity index (χ2v) is 22.4. The largest absolute Gasteiger partial charge is 0.379 e. The van der Waals surface area contributed by atoms with Crippen LogP contribution in [0.25, 0.3) is 0 Å². The van der Waals surface area contributed by atoms with Crippen LogP contribution in [0.15, 0.2) is 24.3 Å². The van der Waals surface area contributed by atoms with E-state index in [1.807, 2.05) is 0 Å². The van der Waals surface area contributed by atoms with Crippen LogP contribution in [0.4, 0.5) is 5.69 Å². The number of nitrogens with one attached hydrogen (secondary N) is 4. The molecule has 1 aliphatic carbocycles. The molecule has 27 heteroatoms. The summed E-state index contributed by atoms with van der Waals surface area (Å²) in [5.41, 5.74) is -1.01. The van der Waals surface area contributed by atoms with Gasteiger partial charge in [-0.3, -0.25) is 72.0 Å². The third-order valence-electron chi connectivity index (χ3n) is 12.6. The van der Waals surface area contributed by atoms with Gasteiger partial charge in [-0.1, -0.05) is 33.7 Å². The molecule has 1 saturated carbocycles. The summed E-state index contributed by atoms with van der Waals surface area (Å²) in [6.45, 7) is 3.66. The van der Waals surface area contributed by atoms with Crippen molar-refractivity contribution in [1.82, 2.24) is 20.9 Å². The number of Topliss-reactive ketones (excluding diaryl/α,β-unsaturated/α-hetero) is 8. The van der Waals surface area contributed by atoms with E-state index in [-0.39, 0.29) is 133 Å². The number of nitrogens with zero attached hydrogens (tertiary/aromatic N) is 1. The fourth-order valence-corrected chi connectivity index (χ4v) is 11.4. The van der Waals surface area contributed by atoms with E-state index in [0.29, 0.717) is 24.9 Å². The van der Waals surface area contributed by atoms with Gasteiger partial charge in [0.2, 0.25) is 40.9 Å². The van der Waals surface area contributed by atoms with Crippen LogP contribution in [0.5, 0.6) is 0 Å². The molecule has 1 aromatic carbocycles. The summed E-state index contributed by atoms with van der Waals surface area (Å²) in [6, 6.07) is 5.49. The molecule has 2 saturated heterocycles. The number of carbonyl (C=O) groups is 14. The molecule has 2 unspecified atom stereocenters. The number of rotatable bonds is 41. The second-order valence-electron chi connectivity index (χ2n) is 18.2. The molecule has 428 valence electrons. The van der Waals surface area contributed by atoms with Gasteiger partial charge in [-0.15, -0.1) is 11.8 Å². The molecule has 0 spiro atoms. The van der Waals surface area contributed by atoms with Gasteiger partial charge in [0.25, 0.3) is 0 Å². The highest BCUT2D eigenvalue weighted by atomic mass is 33.2. The van der Waals surface area contributed by atoms with Gasteiger partial charge in [0.15, 0.2) is 38.8 Å². The lowest BCUT2D eigenvalue weighted by Gasteiger charge is -2.23. The SMILES string of the molecule is CC(=O)C1(C(=O)CCN2C(=O)CC(SCCC(=O)N[C@H](CNC(=O)COCC(=O)Nc3ccc(CCC(=O)C4CCC4=O)cc3)C(=O)NCCOCCOCCOCCOCCC(=O)C(C(C)=O)(C(C)=O)C(C)=O)C2=O)SS1. The molecule has 78 heavy (non-hydrogen) atoms. The van der Waals surface area contributed by atoms with Crippen molar-refractivity contribution in [3.8, 4) is 0 Å². The third kappa shape index (κ3) is 19.7. The Morgan fingerprint density at radius 3 is 1.85 bits per heavy atom. The number of ketones is 8. The van der Waals surface area contributed by atoms with E-state index < -0.39 is 98.5 Å². The Morgan fingerprint density at radius 2 is 1.29 bits per heavy atom. The van der Waals surface area contributed by atoms with Crippen LogP contribution in [0.2, 0.25) is 0 Å². The standard InChI is InChI=1S/C51H67N5O19S3/c1-31(57)50(32(2)58,33(3)59)42(63)14-18-71-20-22-73-24-25-74-23-21-72-19-16-52-48(69)38(55-44(65)15-26-76-41-27-47(68)56(49(41)70)17-13-43(64)51(34(4)60)77-78-51)28-53-45(66)29-75-30-46(67)54-36-8-5-35(6-9-36)7-11-39(61)37-10-12-40(37)62/h5-6,8-9,37-38,41H,7,10-30H2,1-4H3,(H,52,69)(H,53,66)(H,54,67)(H,55,65)/t37?,38-,41?/m1/s1. The van der Waals surface area contributed by atoms with Gasteiger partial charge in [-0.05, 0) is 58.2 Å². The Bertz CT molecular complexity index is 2380. The molecule has 4 rings (SSSR count). The van der Waals surface area contributed by atoms with Gasteiger partial charge < -0.3 is 45.0 Å². The molecule has 1 aromatic rings. The normalized spacial score (nSPS) is 16.9. The van der Waals surface area contributed by atoms with Crippen LogP contribution in [-0.4, -0.2) is 193 Å². The van der Waals surface area contributed by atoms with Gasteiger partial charge in [0.1, 0.15) is 30.8 Å². The maximum absolute atomic E-state index is 13.3. The zero-order valence-corrected chi connectivity index (χ0v) is 46.5. The van der Waals surface area contributed by atoms with Crippen molar-refractivity contribution in [2.24, 2.45) is 11.3 Å². The molecule has 0 radical (unpaired) electrons. The molecule has 3 aliphatic rings. The number of hydrogen-bond donors (Lipinski definition) is 4. The van der Waals surface area contributed by atoms with Crippen molar-refractivity contribution >= 4 is 121 Å². The number of carbonyl (C=O) groups excluding carboxylic acids is 14. The van der Waals surface area contributed by atoms with E-state index in [0.717, 1.165) is 64.6 Å². The molecule has 2 heterocycles. The summed E-state index contributed by atoms with van der Waals surface area (Å²) in [6.07, 6.45) is 0.939. The number of benzene rings is 1. The number of thioether (sulfide) groups is 1. The number of ether oxygens (including phenoxy) is 5. The summed E-state index contributed by atoms with van der Waals surface area (Å²) in [5.74, 6) is -8.04. The summed E-state index contributed by atoms with van der Waals surface area (Å²) < 4.78 is 25.8. The van der Waals surface area contributed by atoms with Crippen molar-refractivity contribution < 1.29 is 90.8 Å². The second kappa shape index (κ2) is 32.5. The van der Waals surface area contributed by atoms with E-state index in [4.69, 9.17) is 23.7 Å². The molecule has 4 N–H and O–H groups in total. The van der Waals surface area contributed by atoms with Crippen molar-refractivity contribution in [2.75, 3.05) is 96.8 Å². The summed E-state index contributed by atoms with van der Waals surface area (Å²) >= 11 is 1.06. The van der Waals surface area contributed by atoms with Crippen molar-refractivity contribution in [3.63, 3.8) is 0 Å². The number of aryl methyl sites for hydroxylation is 1. The fraction of sp³-hybridized carbons (Fsp3) is 0.608.